The Labute approximate surface area is 131 Å². The molecule has 120 valence electrons. The van der Waals surface area contributed by atoms with Crippen molar-refractivity contribution >= 4 is 11.7 Å². The Kier molecular flexibility index (Phi) is 4.04. The quantitative estimate of drug-likeness (QED) is 0.898. The zero-order valence-electron chi connectivity index (χ0n) is 13.4. The summed E-state index contributed by atoms with van der Waals surface area (Å²) in [7, 11) is 0. The number of β-amino-alcohol motifs (C(OH)–C–C–N with tert-alkyl or cyclic N) is 1. The van der Waals surface area contributed by atoms with Gasteiger partial charge in [-0.15, -0.1) is 0 Å². The Morgan fingerprint density at radius 2 is 2.14 bits per heavy atom. The normalized spacial score (nSPS) is 25.3. The van der Waals surface area contributed by atoms with Crippen molar-refractivity contribution in [1.82, 2.24) is 14.9 Å². The van der Waals surface area contributed by atoms with E-state index in [0.29, 0.717) is 13.1 Å². The molecular weight excluding hydrogens is 280 g/mol. The first-order valence-electron chi connectivity index (χ1n) is 8.01. The summed E-state index contributed by atoms with van der Waals surface area (Å²) in [6, 6.07) is 0. The number of piperidine rings is 1. The van der Waals surface area contributed by atoms with Crippen LogP contribution in [-0.4, -0.2) is 58.7 Å². The number of rotatable bonds is 3. The van der Waals surface area contributed by atoms with Crippen LogP contribution >= 0.6 is 0 Å². The van der Waals surface area contributed by atoms with Crippen LogP contribution < -0.4 is 4.90 Å². The van der Waals surface area contributed by atoms with Crippen molar-refractivity contribution in [3.63, 3.8) is 0 Å². The van der Waals surface area contributed by atoms with Gasteiger partial charge in [-0.1, -0.05) is 0 Å². The molecule has 1 aromatic heterocycles. The molecule has 2 saturated heterocycles. The lowest BCUT2D eigenvalue weighted by Crippen LogP contribution is -2.50. The Bertz CT molecular complexity index is 575. The molecule has 2 aliphatic heterocycles. The number of aryl methyl sites for hydroxylation is 2. The number of aromatic nitrogens is 2. The fourth-order valence-electron chi connectivity index (χ4n) is 3.74. The molecule has 0 aromatic carbocycles. The summed E-state index contributed by atoms with van der Waals surface area (Å²) < 4.78 is 0. The smallest absolute Gasteiger partial charge is 0.230 e. The summed E-state index contributed by atoms with van der Waals surface area (Å²) in [5.74, 6) is 1.11. The third-order valence-electron chi connectivity index (χ3n) is 4.90. The molecule has 1 N–H and O–H groups in total. The number of likely N-dealkylation sites (tertiary alicyclic amines) is 1. The van der Waals surface area contributed by atoms with E-state index in [4.69, 9.17) is 5.11 Å². The minimum Gasteiger partial charge on any atom is -0.395 e. The lowest BCUT2D eigenvalue weighted by atomic mass is 9.78. The van der Waals surface area contributed by atoms with E-state index in [-0.39, 0.29) is 17.9 Å². The molecule has 1 aromatic rings. The maximum atomic E-state index is 12.8. The molecule has 0 saturated carbocycles. The molecule has 0 bridgehead atoms. The first-order valence-corrected chi connectivity index (χ1v) is 8.01. The van der Waals surface area contributed by atoms with Crippen LogP contribution in [0, 0.1) is 19.3 Å². The third kappa shape index (κ3) is 2.56. The van der Waals surface area contributed by atoms with Gasteiger partial charge >= 0.3 is 0 Å². The van der Waals surface area contributed by atoms with E-state index in [1.54, 1.807) is 6.20 Å². The first kappa shape index (κ1) is 15.2. The molecule has 0 radical (unpaired) electrons. The van der Waals surface area contributed by atoms with Crippen molar-refractivity contribution in [1.29, 1.82) is 0 Å². The maximum Gasteiger partial charge on any atom is 0.230 e. The van der Waals surface area contributed by atoms with Gasteiger partial charge in [-0.3, -0.25) is 9.78 Å². The van der Waals surface area contributed by atoms with E-state index in [1.807, 2.05) is 18.7 Å². The average molecular weight is 304 g/mol. The topological polar surface area (TPSA) is 69.6 Å². The highest BCUT2D eigenvalue weighted by molar-refractivity contribution is 5.85. The minimum atomic E-state index is -0.300. The molecule has 6 nitrogen and oxygen atoms in total. The Balaban J connectivity index is 1.81. The molecule has 0 aliphatic carbocycles. The number of aliphatic hydroxyl groups excluding tert-OH is 1. The predicted molar refractivity (Wildman–Crippen MR) is 83.7 cm³/mol. The zero-order valence-corrected chi connectivity index (χ0v) is 13.4. The Hall–Kier alpha value is -1.69. The van der Waals surface area contributed by atoms with Crippen LogP contribution in [0.3, 0.4) is 0 Å². The standard InChI is InChI=1S/C16H24N4O2/c1-12-10-17-13(2)14(18-12)20-7-5-16(11-20)4-3-6-19(8-9-21)15(16)22/h10,21H,3-9,11H2,1-2H3/t16-/m0/s1. The molecule has 1 spiro atoms. The Morgan fingerprint density at radius 3 is 2.91 bits per heavy atom. The van der Waals surface area contributed by atoms with Crippen LogP contribution in [0.25, 0.3) is 0 Å². The maximum absolute atomic E-state index is 12.8. The molecule has 3 heterocycles. The van der Waals surface area contributed by atoms with E-state index in [1.165, 1.54) is 0 Å². The van der Waals surface area contributed by atoms with Crippen molar-refractivity contribution < 1.29 is 9.90 Å². The lowest BCUT2D eigenvalue weighted by Gasteiger charge is -2.39. The summed E-state index contributed by atoms with van der Waals surface area (Å²) in [6.07, 6.45) is 4.59. The number of carbonyl (C=O) groups is 1. The fraction of sp³-hybridized carbons (Fsp3) is 0.688. The molecule has 2 aliphatic rings. The highest BCUT2D eigenvalue weighted by atomic mass is 16.3. The van der Waals surface area contributed by atoms with E-state index in [9.17, 15) is 4.79 Å². The monoisotopic (exact) mass is 304 g/mol. The lowest BCUT2D eigenvalue weighted by molar-refractivity contribution is -0.145. The molecule has 0 unspecified atom stereocenters. The number of hydrogen-bond donors (Lipinski definition) is 1. The number of nitrogens with zero attached hydrogens (tertiary/aromatic N) is 4. The van der Waals surface area contributed by atoms with Gasteiger partial charge in [0, 0.05) is 32.4 Å². The summed E-state index contributed by atoms with van der Waals surface area (Å²) in [6.45, 7) is 6.72. The van der Waals surface area contributed by atoms with E-state index >= 15 is 0 Å². The van der Waals surface area contributed by atoms with Crippen LogP contribution in [0.2, 0.25) is 0 Å². The van der Waals surface area contributed by atoms with Gasteiger partial charge in [-0.05, 0) is 33.1 Å². The van der Waals surface area contributed by atoms with Crippen LogP contribution in [0.4, 0.5) is 5.82 Å². The van der Waals surface area contributed by atoms with Crippen molar-refractivity contribution in [2.75, 3.05) is 37.7 Å². The summed E-state index contributed by atoms with van der Waals surface area (Å²) >= 11 is 0. The second-order valence-corrected chi connectivity index (χ2v) is 6.49. The number of aliphatic hydroxyl groups is 1. The first-order chi connectivity index (χ1) is 10.6. The van der Waals surface area contributed by atoms with Crippen LogP contribution in [0.5, 0.6) is 0 Å². The number of carbonyl (C=O) groups excluding carboxylic acids is 1. The number of anilines is 1. The summed E-state index contributed by atoms with van der Waals surface area (Å²) in [5.41, 5.74) is 1.52. The SMILES string of the molecule is Cc1cnc(C)c(N2CC[C@@]3(CCCN(CCO)C3=O)C2)n1. The zero-order chi connectivity index (χ0) is 15.7. The second-order valence-electron chi connectivity index (χ2n) is 6.49. The molecule has 1 amide bonds. The molecule has 3 rings (SSSR count). The molecule has 2 fully saturated rings. The van der Waals surface area contributed by atoms with Crippen molar-refractivity contribution in [2.24, 2.45) is 5.41 Å². The second kappa shape index (κ2) is 5.83. The van der Waals surface area contributed by atoms with Crippen LogP contribution in [0.15, 0.2) is 6.20 Å². The van der Waals surface area contributed by atoms with E-state index in [2.05, 4.69) is 14.9 Å². The van der Waals surface area contributed by atoms with Gasteiger partial charge in [0.1, 0.15) is 5.82 Å². The average Bonchev–Trinajstić information content (AvgIpc) is 2.92. The van der Waals surface area contributed by atoms with E-state index < -0.39 is 0 Å². The van der Waals surface area contributed by atoms with Gasteiger partial charge in [0.25, 0.3) is 0 Å². The minimum absolute atomic E-state index is 0.0357. The summed E-state index contributed by atoms with van der Waals surface area (Å²) in [5, 5.41) is 9.14. The van der Waals surface area contributed by atoms with Gasteiger partial charge in [-0.25, -0.2) is 4.98 Å². The third-order valence-corrected chi connectivity index (χ3v) is 4.90. The highest BCUT2D eigenvalue weighted by Crippen LogP contribution is 2.41. The van der Waals surface area contributed by atoms with Crippen LogP contribution in [0.1, 0.15) is 30.7 Å². The van der Waals surface area contributed by atoms with Crippen molar-refractivity contribution in [2.45, 2.75) is 33.1 Å². The van der Waals surface area contributed by atoms with Gasteiger partial charge in [-0.2, -0.15) is 0 Å². The largest absolute Gasteiger partial charge is 0.395 e. The predicted octanol–water partition coefficient (Wildman–Crippen LogP) is 0.905. The molecular formula is C16H24N4O2. The highest BCUT2D eigenvalue weighted by Gasteiger charge is 2.48. The fourth-order valence-corrected chi connectivity index (χ4v) is 3.74. The van der Waals surface area contributed by atoms with Gasteiger partial charge in [0.05, 0.1) is 23.4 Å². The van der Waals surface area contributed by atoms with Crippen LogP contribution in [-0.2, 0) is 4.79 Å². The van der Waals surface area contributed by atoms with Crippen molar-refractivity contribution in [3.8, 4) is 0 Å². The summed E-state index contributed by atoms with van der Waals surface area (Å²) in [4.78, 5) is 25.8. The number of hydrogen-bond acceptors (Lipinski definition) is 5. The number of amides is 1. The molecule has 22 heavy (non-hydrogen) atoms. The van der Waals surface area contributed by atoms with Crippen molar-refractivity contribution in [3.05, 3.63) is 17.6 Å². The van der Waals surface area contributed by atoms with Gasteiger partial charge < -0.3 is 14.9 Å². The Morgan fingerprint density at radius 1 is 1.32 bits per heavy atom. The molecule has 1 atom stereocenters. The van der Waals surface area contributed by atoms with Gasteiger partial charge in [0.2, 0.25) is 5.91 Å². The molecule has 6 heteroatoms. The van der Waals surface area contributed by atoms with E-state index in [0.717, 1.165) is 49.6 Å². The van der Waals surface area contributed by atoms with Gasteiger partial charge in [0.15, 0.2) is 0 Å².